The zero-order valence-electron chi connectivity index (χ0n) is 9.97. The van der Waals surface area contributed by atoms with Crippen molar-refractivity contribution in [2.45, 2.75) is 58.4 Å². The maximum absolute atomic E-state index is 3.57. The summed E-state index contributed by atoms with van der Waals surface area (Å²) in [6.45, 7) is 4.92. The van der Waals surface area contributed by atoms with Gasteiger partial charge in [0, 0.05) is 6.04 Å². The van der Waals surface area contributed by atoms with Gasteiger partial charge in [-0.05, 0) is 43.6 Å². The Balaban J connectivity index is 1.95. The minimum absolute atomic E-state index is 0.586. The molecule has 1 N–H and O–H groups in total. The Hall–Kier alpha value is -0.0400. The zero-order chi connectivity index (χ0) is 10.2. The molecule has 0 heterocycles. The fourth-order valence-electron chi connectivity index (χ4n) is 3.30. The molecule has 0 aliphatic heterocycles. The van der Waals surface area contributed by atoms with E-state index in [1.165, 1.54) is 38.5 Å². The molecule has 2 aliphatic rings. The first-order valence-electron chi connectivity index (χ1n) is 6.31. The molecule has 2 fully saturated rings. The van der Waals surface area contributed by atoms with Crippen molar-refractivity contribution in [2.75, 3.05) is 7.05 Å². The van der Waals surface area contributed by atoms with Crippen LogP contribution >= 0.6 is 0 Å². The van der Waals surface area contributed by atoms with Crippen LogP contribution < -0.4 is 5.32 Å². The van der Waals surface area contributed by atoms with Crippen molar-refractivity contribution in [3.63, 3.8) is 0 Å². The van der Waals surface area contributed by atoms with Crippen LogP contribution in [0.2, 0.25) is 0 Å². The average molecular weight is 195 g/mol. The van der Waals surface area contributed by atoms with Gasteiger partial charge in [-0.15, -0.1) is 0 Å². The quantitative estimate of drug-likeness (QED) is 0.726. The van der Waals surface area contributed by atoms with Crippen molar-refractivity contribution in [1.82, 2.24) is 5.32 Å². The maximum Gasteiger partial charge on any atom is 0.0100 e. The van der Waals surface area contributed by atoms with Gasteiger partial charge in [0.2, 0.25) is 0 Å². The third-order valence-electron chi connectivity index (χ3n) is 4.48. The summed E-state index contributed by atoms with van der Waals surface area (Å²) < 4.78 is 0. The number of hydrogen-bond donors (Lipinski definition) is 1. The highest BCUT2D eigenvalue weighted by Crippen LogP contribution is 2.47. The summed E-state index contributed by atoms with van der Waals surface area (Å²) in [5.74, 6) is 1.98. The van der Waals surface area contributed by atoms with Gasteiger partial charge in [0.15, 0.2) is 0 Å². The summed E-state index contributed by atoms with van der Waals surface area (Å²) in [7, 11) is 2.15. The first kappa shape index (κ1) is 10.5. The van der Waals surface area contributed by atoms with Gasteiger partial charge in [0.1, 0.15) is 0 Å². The van der Waals surface area contributed by atoms with Gasteiger partial charge in [0.25, 0.3) is 0 Å². The largest absolute Gasteiger partial charge is 0.317 e. The lowest BCUT2D eigenvalue weighted by atomic mass is 9.76. The van der Waals surface area contributed by atoms with Gasteiger partial charge in [-0.25, -0.2) is 0 Å². The normalized spacial score (nSPS) is 33.2. The second kappa shape index (κ2) is 3.84. The Morgan fingerprint density at radius 3 is 2.43 bits per heavy atom. The third kappa shape index (κ3) is 2.13. The van der Waals surface area contributed by atoms with E-state index in [0.717, 1.165) is 17.9 Å². The van der Waals surface area contributed by atoms with Crippen LogP contribution in [-0.4, -0.2) is 13.1 Å². The highest BCUT2D eigenvalue weighted by Gasteiger charge is 2.40. The minimum atomic E-state index is 0.586. The minimum Gasteiger partial charge on any atom is -0.317 e. The molecule has 2 aliphatic carbocycles. The first-order chi connectivity index (χ1) is 6.63. The molecule has 1 heteroatoms. The fourth-order valence-corrected chi connectivity index (χ4v) is 3.30. The second-order valence-corrected chi connectivity index (χ2v) is 6.06. The molecule has 0 amide bonds. The average Bonchev–Trinajstić information content (AvgIpc) is 2.87. The predicted molar refractivity (Wildman–Crippen MR) is 61.3 cm³/mol. The zero-order valence-corrected chi connectivity index (χ0v) is 9.97. The summed E-state index contributed by atoms with van der Waals surface area (Å²) in [5, 5.41) is 3.57. The van der Waals surface area contributed by atoms with Crippen LogP contribution in [0.25, 0.3) is 0 Å². The number of rotatable bonds is 4. The molecule has 2 atom stereocenters. The first-order valence-corrected chi connectivity index (χ1v) is 6.31. The van der Waals surface area contributed by atoms with E-state index < -0.39 is 0 Å². The monoisotopic (exact) mass is 195 g/mol. The molecule has 2 rings (SSSR count). The van der Waals surface area contributed by atoms with E-state index in [1.54, 1.807) is 0 Å². The van der Waals surface area contributed by atoms with Crippen LogP contribution in [0.1, 0.15) is 52.4 Å². The van der Waals surface area contributed by atoms with Crippen LogP contribution in [0.3, 0.4) is 0 Å². The topological polar surface area (TPSA) is 12.0 Å². The SMILES string of the molecule is CNC(CC1CC1)C1CCCC1(C)C. The highest BCUT2D eigenvalue weighted by molar-refractivity contribution is 4.94. The molecule has 0 aromatic carbocycles. The molecule has 82 valence electrons. The van der Waals surface area contributed by atoms with Gasteiger partial charge in [-0.2, -0.15) is 0 Å². The van der Waals surface area contributed by atoms with E-state index in [4.69, 9.17) is 0 Å². The van der Waals surface area contributed by atoms with Crippen molar-refractivity contribution in [3.8, 4) is 0 Å². The summed E-state index contributed by atoms with van der Waals surface area (Å²) in [6, 6.07) is 0.792. The van der Waals surface area contributed by atoms with Crippen LogP contribution in [0.4, 0.5) is 0 Å². The smallest absolute Gasteiger partial charge is 0.0100 e. The van der Waals surface area contributed by atoms with Gasteiger partial charge in [-0.3, -0.25) is 0 Å². The van der Waals surface area contributed by atoms with Crippen LogP contribution in [0.5, 0.6) is 0 Å². The standard InChI is InChI=1S/C13H25N/c1-13(2)8-4-5-11(13)12(14-3)9-10-6-7-10/h10-12,14H,4-9H2,1-3H3. The molecule has 0 saturated heterocycles. The Bertz CT molecular complexity index is 193. The Morgan fingerprint density at radius 2 is 2.00 bits per heavy atom. The predicted octanol–water partition coefficient (Wildman–Crippen LogP) is 3.20. The third-order valence-corrected chi connectivity index (χ3v) is 4.48. The maximum atomic E-state index is 3.57. The Kier molecular flexibility index (Phi) is 2.88. The van der Waals surface area contributed by atoms with E-state index in [0.29, 0.717) is 5.41 Å². The highest BCUT2D eigenvalue weighted by atomic mass is 14.9. The summed E-state index contributed by atoms with van der Waals surface area (Å²) in [5.41, 5.74) is 0.586. The molecular formula is C13H25N. The molecular weight excluding hydrogens is 170 g/mol. The summed E-state index contributed by atoms with van der Waals surface area (Å²) in [4.78, 5) is 0. The van der Waals surface area contributed by atoms with E-state index >= 15 is 0 Å². The number of nitrogens with one attached hydrogen (secondary N) is 1. The van der Waals surface area contributed by atoms with E-state index in [2.05, 4.69) is 26.2 Å². The lowest BCUT2D eigenvalue weighted by Gasteiger charge is -2.34. The Morgan fingerprint density at radius 1 is 1.29 bits per heavy atom. The molecule has 0 spiro atoms. The lowest BCUT2D eigenvalue weighted by Crippen LogP contribution is -2.39. The summed E-state index contributed by atoms with van der Waals surface area (Å²) >= 11 is 0. The van der Waals surface area contributed by atoms with Crippen LogP contribution in [0.15, 0.2) is 0 Å². The molecule has 2 unspecified atom stereocenters. The van der Waals surface area contributed by atoms with Gasteiger partial charge >= 0.3 is 0 Å². The van der Waals surface area contributed by atoms with Crippen molar-refractivity contribution in [1.29, 1.82) is 0 Å². The Labute approximate surface area is 88.7 Å². The van der Waals surface area contributed by atoms with Gasteiger partial charge in [0.05, 0.1) is 0 Å². The summed E-state index contributed by atoms with van der Waals surface area (Å²) in [6.07, 6.45) is 8.74. The molecule has 0 aromatic heterocycles. The molecule has 0 radical (unpaired) electrons. The molecule has 0 bridgehead atoms. The van der Waals surface area contributed by atoms with Crippen molar-refractivity contribution in [3.05, 3.63) is 0 Å². The van der Waals surface area contributed by atoms with Crippen molar-refractivity contribution in [2.24, 2.45) is 17.3 Å². The van der Waals surface area contributed by atoms with E-state index in [-0.39, 0.29) is 0 Å². The lowest BCUT2D eigenvalue weighted by molar-refractivity contribution is 0.191. The van der Waals surface area contributed by atoms with E-state index in [1.807, 2.05) is 0 Å². The van der Waals surface area contributed by atoms with Crippen LogP contribution in [-0.2, 0) is 0 Å². The van der Waals surface area contributed by atoms with Crippen molar-refractivity contribution >= 4 is 0 Å². The second-order valence-electron chi connectivity index (χ2n) is 6.06. The molecule has 1 nitrogen and oxygen atoms in total. The molecule has 2 saturated carbocycles. The van der Waals surface area contributed by atoms with E-state index in [9.17, 15) is 0 Å². The van der Waals surface area contributed by atoms with Gasteiger partial charge < -0.3 is 5.32 Å². The molecule has 14 heavy (non-hydrogen) atoms. The fraction of sp³-hybridized carbons (Fsp3) is 1.00. The van der Waals surface area contributed by atoms with Gasteiger partial charge in [-0.1, -0.05) is 33.1 Å². The van der Waals surface area contributed by atoms with Crippen molar-refractivity contribution < 1.29 is 0 Å². The number of hydrogen-bond acceptors (Lipinski definition) is 1. The molecule has 0 aromatic rings. The van der Waals surface area contributed by atoms with Crippen LogP contribution in [0, 0.1) is 17.3 Å².